The Labute approximate surface area is 138 Å². The molecule has 108 valence electrons. The molecule has 0 fully saturated rings. The van der Waals surface area contributed by atoms with Crippen LogP contribution in [-0.4, -0.2) is 0 Å². The zero-order valence-corrected chi connectivity index (χ0v) is 13.4. The molecule has 4 aromatic carbocycles. The number of thiophene rings is 1. The van der Waals surface area contributed by atoms with Crippen LogP contribution in [0.2, 0.25) is 0 Å². The molecule has 0 N–H and O–H groups in total. The Hall–Kier alpha value is -2.64. The molecule has 0 saturated carbocycles. The fourth-order valence-electron chi connectivity index (χ4n) is 3.39. The molecule has 0 aliphatic heterocycles. The summed E-state index contributed by atoms with van der Waals surface area (Å²) in [6.07, 6.45) is 1.91. The maximum absolute atomic E-state index is 3.89. The minimum atomic E-state index is 1.18. The maximum atomic E-state index is 3.89. The quantitative estimate of drug-likeness (QED) is 0.292. The maximum Gasteiger partial charge on any atom is 0.0434 e. The minimum Gasteiger partial charge on any atom is -0.135 e. The highest BCUT2D eigenvalue weighted by atomic mass is 32.1. The van der Waals surface area contributed by atoms with Crippen LogP contribution in [0.5, 0.6) is 0 Å². The number of benzene rings is 4. The van der Waals surface area contributed by atoms with E-state index in [1.165, 1.54) is 47.3 Å². The average molecular weight is 310 g/mol. The van der Waals surface area contributed by atoms with Crippen molar-refractivity contribution in [2.45, 2.75) is 0 Å². The van der Waals surface area contributed by atoms with E-state index in [1.807, 2.05) is 17.4 Å². The van der Waals surface area contributed by atoms with Gasteiger partial charge >= 0.3 is 0 Å². The van der Waals surface area contributed by atoms with E-state index < -0.39 is 0 Å². The van der Waals surface area contributed by atoms with Crippen molar-refractivity contribution in [3.05, 3.63) is 78.9 Å². The van der Waals surface area contributed by atoms with E-state index >= 15 is 0 Å². The fourth-order valence-corrected chi connectivity index (χ4v) is 4.60. The molecular weight excluding hydrogens is 296 g/mol. The van der Waals surface area contributed by atoms with Crippen LogP contribution in [0.15, 0.2) is 73.3 Å². The summed E-state index contributed by atoms with van der Waals surface area (Å²) >= 11 is 1.88. The van der Waals surface area contributed by atoms with E-state index in [0.717, 1.165) is 0 Å². The highest BCUT2D eigenvalue weighted by Crippen LogP contribution is 2.39. The van der Waals surface area contributed by atoms with E-state index in [0.29, 0.717) is 0 Å². The Morgan fingerprint density at radius 3 is 2.35 bits per heavy atom. The fraction of sp³-hybridized carbons (Fsp3) is 0. The van der Waals surface area contributed by atoms with Crippen molar-refractivity contribution in [3.63, 3.8) is 0 Å². The lowest BCUT2D eigenvalue weighted by atomic mass is 10.0. The molecule has 0 radical (unpaired) electrons. The molecule has 1 aromatic heterocycles. The lowest BCUT2D eigenvalue weighted by Gasteiger charge is -2.03. The Bertz CT molecular complexity index is 1220. The molecule has 0 spiro atoms. The molecule has 0 amide bonds. The van der Waals surface area contributed by atoms with E-state index in [1.54, 1.807) is 0 Å². The third kappa shape index (κ3) is 1.84. The van der Waals surface area contributed by atoms with Crippen molar-refractivity contribution in [2.24, 2.45) is 0 Å². The Kier molecular flexibility index (Phi) is 2.61. The predicted octanol–water partition coefficient (Wildman–Crippen LogP) is 7.00. The zero-order valence-electron chi connectivity index (χ0n) is 12.5. The molecule has 23 heavy (non-hydrogen) atoms. The van der Waals surface area contributed by atoms with E-state index in [4.69, 9.17) is 0 Å². The van der Waals surface area contributed by atoms with Gasteiger partial charge in [-0.05, 0) is 46.0 Å². The lowest BCUT2D eigenvalue weighted by molar-refractivity contribution is 1.78. The largest absolute Gasteiger partial charge is 0.135 e. The molecule has 0 nitrogen and oxygen atoms in total. The Balaban J connectivity index is 1.98. The smallest absolute Gasteiger partial charge is 0.0434 e. The van der Waals surface area contributed by atoms with Crippen LogP contribution in [0.25, 0.3) is 47.8 Å². The first-order chi connectivity index (χ1) is 11.3. The monoisotopic (exact) mass is 310 g/mol. The Morgan fingerprint density at radius 2 is 1.52 bits per heavy atom. The second kappa shape index (κ2) is 4.68. The van der Waals surface area contributed by atoms with Gasteiger partial charge in [0.1, 0.15) is 0 Å². The summed E-state index contributed by atoms with van der Waals surface area (Å²) < 4.78 is 2.72. The first-order valence-electron chi connectivity index (χ1n) is 7.74. The molecule has 0 aliphatic rings. The van der Waals surface area contributed by atoms with Crippen molar-refractivity contribution < 1.29 is 0 Å². The van der Waals surface area contributed by atoms with Crippen LogP contribution in [0.1, 0.15) is 5.56 Å². The number of hydrogen-bond donors (Lipinski definition) is 0. The van der Waals surface area contributed by atoms with Gasteiger partial charge in [-0.25, -0.2) is 0 Å². The summed E-state index contributed by atoms with van der Waals surface area (Å²) in [6, 6.07) is 24.3. The highest BCUT2D eigenvalue weighted by Gasteiger charge is 2.09. The SMILES string of the molecule is C=Cc1ccc2sc3c4cc5ccccc5cc4ccc3c2c1. The zero-order chi connectivity index (χ0) is 15.4. The van der Waals surface area contributed by atoms with E-state index in [9.17, 15) is 0 Å². The summed E-state index contributed by atoms with van der Waals surface area (Å²) in [5.41, 5.74) is 1.18. The van der Waals surface area contributed by atoms with Gasteiger partial charge in [0.25, 0.3) is 0 Å². The van der Waals surface area contributed by atoms with Gasteiger partial charge in [-0.15, -0.1) is 11.3 Å². The molecule has 5 rings (SSSR count). The summed E-state index contributed by atoms with van der Waals surface area (Å²) in [5, 5.41) is 7.94. The van der Waals surface area contributed by atoms with Gasteiger partial charge in [0.15, 0.2) is 0 Å². The van der Waals surface area contributed by atoms with E-state index in [2.05, 4.69) is 73.3 Å². The molecule has 0 bridgehead atoms. The van der Waals surface area contributed by atoms with Crippen LogP contribution in [0.4, 0.5) is 0 Å². The molecule has 1 heteroatoms. The van der Waals surface area contributed by atoms with Crippen LogP contribution < -0.4 is 0 Å². The van der Waals surface area contributed by atoms with Crippen molar-refractivity contribution in [1.29, 1.82) is 0 Å². The molecule has 1 heterocycles. The summed E-state index contributed by atoms with van der Waals surface area (Å²) in [6.45, 7) is 3.89. The summed E-state index contributed by atoms with van der Waals surface area (Å²) in [7, 11) is 0. The van der Waals surface area contributed by atoms with Gasteiger partial charge in [0, 0.05) is 25.6 Å². The highest BCUT2D eigenvalue weighted by molar-refractivity contribution is 7.26. The van der Waals surface area contributed by atoms with Crippen LogP contribution in [0.3, 0.4) is 0 Å². The van der Waals surface area contributed by atoms with Crippen LogP contribution in [-0.2, 0) is 0 Å². The third-order valence-electron chi connectivity index (χ3n) is 4.58. The average Bonchev–Trinajstić information content (AvgIpc) is 2.98. The molecule has 0 saturated heterocycles. The molecule has 0 unspecified atom stereocenters. The number of rotatable bonds is 1. The van der Waals surface area contributed by atoms with Crippen LogP contribution >= 0.6 is 11.3 Å². The van der Waals surface area contributed by atoms with Gasteiger partial charge in [0.2, 0.25) is 0 Å². The van der Waals surface area contributed by atoms with Crippen LogP contribution in [0, 0.1) is 0 Å². The predicted molar refractivity (Wildman–Crippen MR) is 104 cm³/mol. The van der Waals surface area contributed by atoms with Gasteiger partial charge in [-0.1, -0.05) is 55.1 Å². The normalized spacial score (nSPS) is 11.7. The van der Waals surface area contributed by atoms with Gasteiger partial charge in [-0.2, -0.15) is 0 Å². The van der Waals surface area contributed by atoms with Crippen molar-refractivity contribution in [1.82, 2.24) is 0 Å². The van der Waals surface area contributed by atoms with E-state index in [-0.39, 0.29) is 0 Å². The second-order valence-corrected chi connectivity index (χ2v) is 6.98. The van der Waals surface area contributed by atoms with Crippen molar-refractivity contribution in [2.75, 3.05) is 0 Å². The lowest BCUT2D eigenvalue weighted by Crippen LogP contribution is -1.77. The molecule has 0 aliphatic carbocycles. The van der Waals surface area contributed by atoms with Crippen molar-refractivity contribution in [3.8, 4) is 0 Å². The summed E-state index contributed by atoms with van der Waals surface area (Å²) in [4.78, 5) is 0. The first-order valence-corrected chi connectivity index (χ1v) is 8.55. The molecule has 0 atom stereocenters. The Morgan fingerprint density at radius 1 is 0.696 bits per heavy atom. The standard InChI is InChI=1S/C22H14S/c1-2-14-7-10-21-20(11-14)18-9-8-17-12-15-5-3-4-6-16(15)13-19(17)22(18)23-21/h2-13H,1H2. The minimum absolute atomic E-state index is 1.18. The summed E-state index contributed by atoms with van der Waals surface area (Å²) in [5.74, 6) is 0. The van der Waals surface area contributed by atoms with Crippen molar-refractivity contribution >= 4 is 59.1 Å². The second-order valence-electron chi connectivity index (χ2n) is 5.92. The topological polar surface area (TPSA) is 0 Å². The first kappa shape index (κ1) is 12.9. The van der Waals surface area contributed by atoms with Gasteiger partial charge < -0.3 is 0 Å². The van der Waals surface area contributed by atoms with Gasteiger partial charge in [0.05, 0.1) is 0 Å². The number of hydrogen-bond acceptors (Lipinski definition) is 1. The molecule has 5 aromatic rings. The molecular formula is C22H14S. The number of fused-ring (bicyclic) bond motifs is 6. The third-order valence-corrected chi connectivity index (χ3v) is 5.80. The van der Waals surface area contributed by atoms with Gasteiger partial charge in [-0.3, -0.25) is 0 Å².